The van der Waals surface area contributed by atoms with Crippen LogP contribution in [-0.4, -0.2) is 30.3 Å². The van der Waals surface area contributed by atoms with Crippen LogP contribution in [0.1, 0.15) is 18.7 Å². The Labute approximate surface area is 77.1 Å². The van der Waals surface area contributed by atoms with Gasteiger partial charge in [-0.1, -0.05) is 5.10 Å². The summed E-state index contributed by atoms with van der Waals surface area (Å²) in [4.78, 5) is 1.80. The van der Waals surface area contributed by atoms with E-state index in [4.69, 9.17) is 4.42 Å². The van der Waals surface area contributed by atoms with Crippen molar-refractivity contribution in [2.45, 2.75) is 25.4 Å². The van der Waals surface area contributed by atoms with Crippen molar-refractivity contribution < 1.29 is 4.42 Å². The Morgan fingerprint density at radius 3 is 2.77 bits per heavy atom. The van der Waals surface area contributed by atoms with Crippen LogP contribution in [0.3, 0.4) is 0 Å². The van der Waals surface area contributed by atoms with Gasteiger partial charge in [0.05, 0.1) is 6.54 Å². The van der Waals surface area contributed by atoms with E-state index < -0.39 is 0 Å². The molecule has 1 saturated carbocycles. The van der Waals surface area contributed by atoms with E-state index in [-0.39, 0.29) is 0 Å². The van der Waals surface area contributed by atoms with Crippen molar-refractivity contribution in [2.75, 3.05) is 19.0 Å². The third-order valence-corrected chi connectivity index (χ3v) is 1.96. The first-order valence-corrected chi connectivity index (χ1v) is 4.49. The highest BCUT2D eigenvalue weighted by atomic mass is 16.4. The second kappa shape index (κ2) is 3.33. The van der Waals surface area contributed by atoms with Gasteiger partial charge in [-0.15, -0.1) is 5.10 Å². The summed E-state index contributed by atoms with van der Waals surface area (Å²) in [5.41, 5.74) is 0. The van der Waals surface area contributed by atoms with Crippen molar-refractivity contribution in [3.63, 3.8) is 0 Å². The van der Waals surface area contributed by atoms with E-state index in [0.717, 1.165) is 0 Å². The van der Waals surface area contributed by atoms with Crippen molar-refractivity contribution in [1.29, 1.82) is 0 Å². The van der Waals surface area contributed by atoms with E-state index in [1.165, 1.54) is 12.8 Å². The minimum absolute atomic E-state index is 0.563. The zero-order valence-corrected chi connectivity index (χ0v) is 7.95. The quantitative estimate of drug-likeness (QED) is 0.730. The van der Waals surface area contributed by atoms with Gasteiger partial charge in [0.1, 0.15) is 0 Å². The van der Waals surface area contributed by atoms with E-state index in [1.54, 1.807) is 4.90 Å². The molecule has 72 valence electrons. The number of anilines is 1. The zero-order chi connectivity index (χ0) is 9.26. The number of hydrogen-bond donors (Lipinski definition) is 1. The second-order valence-electron chi connectivity index (χ2n) is 3.53. The van der Waals surface area contributed by atoms with Gasteiger partial charge in [-0.05, 0) is 12.8 Å². The number of nitrogens with zero attached hydrogens (tertiary/aromatic N) is 3. The molecule has 1 heterocycles. The first kappa shape index (κ1) is 8.50. The van der Waals surface area contributed by atoms with Gasteiger partial charge in [0.25, 0.3) is 0 Å². The molecule has 1 aliphatic carbocycles. The van der Waals surface area contributed by atoms with Gasteiger partial charge in [0.15, 0.2) is 0 Å². The fraction of sp³-hybridized carbons (Fsp3) is 0.750. The lowest BCUT2D eigenvalue weighted by Gasteiger charge is -2.02. The molecule has 0 bridgehead atoms. The molecule has 1 fully saturated rings. The summed E-state index contributed by atoms with van der Waals surface area (Å²) in [6, 6.07) is 1.24. The molecule has 1 aromatic rings. The van der Waals surface area contributed by atoms with Crippen molar-refractivity contribution >= 4 is 6.01 Å². The Hall–Kier alpha value is -1.10. The summed E-state index contributed by atoms with van der Waals surface area (Å²) in [7, 11) is 3.76. The summed E-state index contributed by atoms with van der Waals surface area (Å²) in [6.07, 6.45) is 2.54. The third kappa shape index (κ3) is 2.18. The van der Waals surface area contributed by atoms with Crippen molar-refractivity contribution in [1.82, 2.24) is 15.5 Å². The molecular formula is C8H14N4O. The Morgan fingerprint density at radius 1 is 1.46 bits per heavy atom. The topological polar surface area (TPSA) is 54.2 Å². The number of hydrogen-bond acceptors (Lipinski definition) is 5. The molecule has 1 aliphatic rings. The zero-order valence-electron chi connectivity index (χ0n) is 7.95. The summed E-state index contributed by atoms with van der Waals surface area (Å²) in [5, 5.41) is 11.1. The molecule has 1 aromatic heterocycles. The van der Waals surface area contributed by atoms with Crippen molar-refractivity contribution in [3.05, 3.63) is 5.89 Å². The fourth-order valence-corrected chi connectivity index (χ4v) is 1.02. The monoisotopic (exact) mass is 182 g/mol. The minimum Gasteiger partial charge on any atom is -0.407 e. The second-order valence-corrected chi connectivity index (χ2v) is 3.53. The van der Waals surface area contributed by atoms with Crippen LogP contribution < -0.4 is 10.2 Å². The highest BCUT2D eigenvalue weighted by Gasteiger charge is 2.21. The standard InChI is InChI=1S/C8H14N4O/c1-12(2)8-11-10-7(13-8)5-9-6-3-4-6/h6,9H,3-5H2,1-2H3. The molecule has 5 nitrogen and oxygen atoms in total. The highest BCUT2D eigenvalue weighted by Crippen LogP contribution is 2.19. The van der Waals surface area contributed by atoms with Crippen LogP contribution in [0.2, 0.25) is 0 Å². The molecule has 0 amide bonds. The molecule has 2 rings (SSSR count). The maximum absolute atomic E-state index is 5.36. The van der Waals surface area contributed by atoms with E-state index in [2.05, 4.69) is 15.5 Å². The molecular weight excluding hydrogens is 168 g/mol. The smallest absolute Gasteiger partial charge is 0.317 e. The Bertz CT molecular complexity index is 279. The Morgan fingerprint density at radius 2 is 2.23 bits per heavy atom. The average Bonchev–Trinajstić information content (AvgIpc) is 2.79. The van der Waals surface area contributed by atoms with Crippen LogP contribution >= 0.6 is 0 Å². The van der Waals surface area contributed by atoms with E-state index in [0.29, 0.717) is 24.5 Å². The number of rotatable bonds is 4. The van der Waals surface area contributed by atoms with Crippen LogP contribution in [0.4, 0.5) is 6.01 Å². The summed E-state index contributed by atoms with van der Waals surface area (Å²) < 4.78 is 5.36. The van der Waals surface area contributed by atoms with Crippen LogP contribution in [-0.2, 0) is 6.54 Å². The molecule has 0 aliphatic heterocycles. The third-order valence-electron chi connectivity index (χ3n) is 1.96. The molecule has 0 atom stereocenters. The van der Waals surface area contributed by atoms with E-state index in [1.807, 2.05) is 14.1 Å². The lowest BCUT2D eigenvalue weighted by molar-refractivity contribution is 0.468. The van der Waals surface area contributed by atoms with Gasteiger partial charge in [0, 0.05) is 20.1 Å². The van der Waals surface area contributed by atoms with Gasteiger partial charge >= 0.3 is 6.01 Å². The molecule has 0 saturated heterocycles. The number of nitrogens with one attached hydrogen (secondary N) is 1. The summed E-state index contributed by atoms with van der Waals surface area (Å²) in [6.45, 7) is 0.686. The minimum atomic E-state index is 0.563. The van der Waals surface area contributed by atoms with Crippen LogP contribution in [0.25, 0.3) is 0 Å². The largest absolute Gasteiger partial charge is 0.407 e. The first-order chi connectivity index (χ1) is 6.25. The van der Waals surface area contributed by atoms with Crippen molar-refractivity contribution in [3.8, 4) is 0 Å². The van der Waals surface area contributed by atoms with Gasteiger partial charge in [-0.2, -0.15) is 0 Å². The Balaban J connectivity index is 1.88. The molecule has 0 spiro atoms. The number of aromatic nitrogens is 2. The highest BCUT2D eigenvalue weighted by molar-refractivity contribution is 5.19. The lowest BCUT2D eigenvalue weighted by atomic mass is 10.6. The molecule has 13 heavy (non-hydrogen) atoms. The molecule has 0 radical (unpaired) electrons. The molecule has 0 aromatic carbocycles. The predicted molar refractivity (Wildman–Crippen MR) is 48.5 cm³/mol. The van der Waals surface area contributed by atoms with Gasteiger partial charge in [-0.3, -0.25) is 0 Å². The fourth-order valence-electron chi connectivity index (χ4n) is 1.02. The molecule has 0 unspecified atom stereocenters. The van der Waals surface area contributed by atoms with Gasteiger partial charge in [0.2, 0.25) is 5.89 Å². The van der Waals surface area contributed by atoms with Crippen molar-refractivity contribution in [2.24, 2.45) is 0 Å². The summed E-state index contributed by atoms with van der Waals surface area (Å²) >= 11 is 0. The van der Waals surface area contributed by atoms with Gasteiger partial charge < -0.3 is 14.6 Å². The maximum Gasteiger partial charge on any atom is 0.317 e. The van der Waals surface area contributed by atoms with E-state index in [9.17, 15) is 0 Å². The molecule has 5 heteroatoms. The van der Waals surface area contributed by atoms with Crippen LogP contribution in [0, 0.1) is 0 Å². The average molecular weight is 182 g/mol. The predicted octanol–water partition coefficient (Wildman–Crippen LogP) is 0.388. The maximum atomic E-state index is 5.36. The SMILES string of the molecule is CN(C)c1nnc(CNC2CC2)o1. The Kier molecular flexibility index (Phi) is 2.18. The molecule has 1 N–H and O–H groups in total. The lowest BCUT2D eigenvalue weighted by Crippen LogP contribution is -2.15. The van der Waals surface area contributed by atoms with Gasteiger partial charge in [-0.25, -0.2) is 0 Å². The summed E-state index contributed by atoms with van der Waals surface area (Å²) in [5.74, 6) is 0.663. The normalized spacial score (nSPS) is 16.2. The van der Waals surface area contributed by atoms with Crippen LogP contribution in [0.15, 0.2) is 4.42 Å². The van der Waals surface area contributed by atoms with Crippen LogP contribution in [0.5, 0.6) is 0 Å². The van der Waals surface area contributed by atoms with E-state index >= 15 is 0 Å². The first-order valence-electron chi connectivity index (χ1n) is 4.49.